The number of aliphatic hydroxyl groups excluding tert-OH is 2. The quantitative estimate of drug-likeness (QED) is 0.0321. The van der Waals surface area contributed by atoms with E-state index in [0.717, 1.165) is 70.6 Å². The van der Waals surface area contributed by atoms with Crippen molar-refractivity contribution in [2.24, 2.45) is 0 Å². The predicted octanol–water partition coefficient (Wildman–Crippen LogP) is 18.6. The molecule has 2 unspecified atom stereocenters. The molecule has 6 heteroatoms. The third-order valence-electron chi connectivity index (χ3n) is 14.0. The third kappa shape index (κ3) is 53.5. The van der Waals surface area contributed by atoms with Crippen molar-refractivity contribution in [3.8, 4) is 0 Å². The van der Waals surface area contributed by atoms with Crippen LogP contribution in [-0.4, -0.2) is 47.4 Å². The number of hydrogen-bond donors (Lipinski definition) is 3. The minimum absolute atomic E-state index is 0.0122. The van der Waals surface area contributed by atoms with Gasteiger partial charge in [0.15, 0.2) is 0 Å². The van der Waals surface area contributed by atoms with Crippen molar-refractivity contribution in [3.63, 3.8) is 0 Å². The molecule has 67 heavy (non-hydrogen) atoms. The first-order chi connectivity index (χ1) is 33.0. The van der Waals surface area contributed by atoms with Crippen LogP contribution in [0.2, 0.25) is 0 Å². The molecule has 396 valence electrons. The van der Waals surface area contributed by atoms with Crippen molar-refractivity contribution in [1.29, 1.82) is 0 Å². The van der Waals surface area contributed by atoms with Crippen LogP contribution in [-0.2, 0) is 14.3 Å². The number of aliphatic hydroxyl groups is 2. The number of ether oxygens (including phenoxy) is 1. The van der Waals surface area contributed by atoms with Gasteiger partial charge >= 0.3 is 5.97 Å². The van der Waals surface area contributed by atoms with Crippen molar-refractivity contribution in [2.75, 3.05) is 13.2 Å². The van der Waals surface area contributed by atoms with E-state index >= 15 is 0 Å². The molecule has 0 radical (unpaired) electrons. The highest BCUT2D eigenvalue weighted by molar-refractivity contribution is 5.76. The molecule has 0 aromatic rings. The van der Waals surface area contributed by atoms with Gasteiger partial charge in [-0.3, -0.25) is 9.59 Å². The number of esters is 1. The second-order valence-corrected chi connectivity index (χ2v) is 20.7. The highest BCUT2D eigenvalue weighted by atomic mass is 16.5. The topological polar surface area (TPSA) is 95.9 Å². The normalized spacial score (nSPS) is 12.7. The second kappa shape index (κ2) is 56.9. The first kappa shape index (κ1) is 65.3. The van der Waals surface area contributed by atoms with Crippen molar-refractivity contribution < 1.29 is 24.5 Å². The molecule has 0 aliphatic rings. The van der Waals surface area contributed by atoms with E-state index < -0.39 is 12.1 Å². The lowest BCUT2D eigenvalue weighted by molar-refractivity contribution is -0.143. The molecule has 3 N–H and O–H groups in total. The van der Waals surface area contributed by atoms with E-state index in [0.29, 0.717) is 25.9 Å². The Morgan fingerprint density at radius 2 is 0.731 bits per heavy atom. The predicted molar refractivity (Wildman–Crippen MR) is 292 cm³/mol. The van der Waals surface area contributed by atoms with E-state index in [1.807, 2.05) is 0 Å². The molecule has 0 aromatic carbocycles. The zero-order valence-electron chi connectivity index (χ0n) is 45.1. The van der Waals surface area contributed by atoms with Crippen LogP contribution in [0.4, 0.5) is 0 Å². The van der Waals surface area contributed by atoms with Crippen LogP contribution in [0, 0.1) is 0 Å². The molecule has 0 rings (SSSR count). The molecular formula is C61H117NO5. The summed E-state index contributed by atoms with van der Waals surface area (Å²) in [5.74, 6) is -0.0543. The summed E-state index contributed by atoms with van der Waals surface area (Å²) in [7, 11) is 0. The number of rotatable bonds is 56. The Bertz CT molecular complexity index is 1040. The van der Waals surface area contributed by atoms with Gasteiger partial charge in [0, 0.05) is 12.8 Å². The molecule has 0 fully saturated rings. The van der Waals surface area contributed by atoms with E-state index in [1.165, 1.54) is 225 Å². The fourth-order valence-corrected chi connectivity index (χ4v) is 9.40. The minimum Gasteiger partial charge on any atom is -0.466 e. The fourth-order valence-electron chi connectivity index (χ4n) is 9.40. The lowest BCUT2D eigenvalue weighted by atomic mass is 10.0. The van der Waals surface area contributed by atoms with Gasteiger partial charge in [-0.05, 0) is 57.8 Å². The molecule has 0 saturated carbocycles. The standard InChI is InChI=1S/C61H117NO5/c1-3-5-7-9-11-13-15-17-18-19-21-24-27-30-33-37-41-45-49-53-59(64)58(57-63)62-60(65)54-50-46-42-38-34-31-28-25-22-20-23-26-29-32-36-40-44-48-52-56-67-61(66)55-51-47-43-39-35-16-14-12-10-8-6-4-2/h26,29,32,36,58-59,63-64H,3-25,27-28,30-31,33-35,37-57H2,1-2H3,(H,62,65)/b29-26-,36-32-. The molecule has 6 nitrogen and oxygen atoms in total. The van der Waals surface area contributed by atoms with Crippen molar-refractivity contribution in [3.05, 3.63) is 24.3 Å². The number of amides is 1. The van der Waals surface area contributed by atoms with Gasteiger partial charge in [0.25, 0.3) is 0 Å². The van der Waals surface area contributed by atoms with Crippen molar-refractivity contribution in [2.45, 2.75) is 341 Å². The van der Waals surface area contributed by atoms with Crippen LogP contribution >= 0.6 is 0 Å². The molecule has 1 amide bonds. The number of unbranched alkanes of at least 4 members (excludes halogenated alkanes) is 42. The zero-order chi connectivity index (χ0) is 48.6. The Morgan fingerprint density at radius 1 is 0.418 bits per heavy atom. The first-order valence-electron chi connectivity index (χ1n) is 30.1. The maximum absolute atomic E-state index is 12.5. The maximum Gasteiger partial charge on any atom is 0.305 e. The van der Waals surface area contributed by atoms with E-state index in [4.69, 9.17) is 4.74 Å². The lowest BCUT2D eigenvalue weighted by Crippen LogP contribution is -2.45. The molecule has 0 spiro atoms. The van der Waals surface area contributed by atoms with Gasteiger partial charge in [-0.1, -0.05) is 282 Å². The molecule has 0 saturated heterocycles. The van der Waals surface area contributed by atoms with E-state index in [2.05, 4.69) is 43.5 Å². The van der Waals surface area contributed by atoms with Crippen LogP contribution in [0.5, 0.6) is 0 Å². The fraction of sp³-hybridized carbons (Fsp3) is 0.902. The summed E-state index contributed by atoms with van der Waals surface area (Å²) in [6, 6.07) is -0.549. The maximum atomic E-state index is 12.5. The summed E-state index contributed by atoms with van der Waals surface area (Å²) < 4.78 is 5.44. The van der Waals surface area contributed by atoms with Crippen LogP contribution in [0.3, 0.4) is 0 Å². The van der Waals surface area contributed by atoms with E-state index in [1.54, 1.807) is 0 Å². The Labute approximate surface area is 418 Å². The molecular weight excluding hydrogens is 827 g/mol. The molecule has 0 aromatic heterocycles. The molecule has 0 heterocycles. The van der Waals surface area contributed by atoms with Crippen LogP contribution in [0.25, 0.3) is 0 Å². The zero-order valence-corrected chi connectivity index (χ0v) is 45.1. The molecule has 0 aliphatic heterocycles. The van der Waals surface area contributed by atoms with Gasteiger partial charge in [0.05, 0.1) is 25.4 Å². The number of allylic oxidation sites excluding steroid dienone is 4. The highest BCUT2D eigenvalue weighted by Gasteiger charge is 2.20. The summed E-state index contributed by atoms with van der Waals surface area (Å²) in [6.07, 6.45) is 68.9. The minimum atomic E-state index is -0.671. The summed E-state index contributed by atoms with van der Waals surface area (Å²) >= 11 is 0. The lowest BCUT2D eigenvalue weighted by Gasteiger charge is -2.22. The van der Waals surface area contributed by atoms with Gasteiger partial charge < -0.3 is 20.3 Å². The van der Waals surface area contributed by atoms with Crippen LogP contribution in [0.15, 0.2) is 24.3 Å². The Kier molecular flexibility index (Phi) is 55.5. The van der Waals surface area contributed by atoms with Gasteiger partial charge in [-0.25, -0.2) is 0 Å². The summed E-state index contributed by atoms with van der Waals surface area (Å²) in [6.45, 7) is 4.93. The molecule has 2 atom stereocenters. The SMILES string of the molecule is CCCCCCCCCCCCCCCCCCCCCC(O)C(CO)NC(=O)CCCCCCCCCCCC/C=C\C=C/CCCCCOC(=O)CCCCCCCCCCCCCC. The molecule has 0 aliphatic carbocycles. The summed E-state index contributed by atoms with van der Waals surface area (Å²) in [5.41, 5.74) is 0. The average Bonchev–Trinajstić information content (AvgIpc) is 3.33. The summed E-state index contributed by atoms with van der Waals surface area (Å²) in [4.78, 5) is 24.5. The summed E-state index contributed by atoms with van der Waals surface area (Å²) in [5, 5.41) is 23.3. The number of hydrogen-bond acceptors (Lipinski definition) is 5. The molecule has 0 bridgehead atoms. The Morgan fingerprint density at radius 3 is 1.10 bits per heavy atom. The number of carbonyl (C=O) groups is 2. The Hall–Kier alpha value is -1.66. The highest BCUT2D eigenvalue weighted by Crippen LogP contribution is 2.18. The van der Waals surface area contributed by atoms with Crippen LogP contribution < -0.4 is 5.32 Å². The van der Waals surface area contributed by atoms with Crippen LogP contribution in [0.1, 0.15) is 328 Å². The smallest absolute Gasteiger partial charge is 0.305 e. The van der Waals surface area contributed by atoms with E-state index in [9.17, 15) is 19.8 Å². The first-order valence-corrected chi connectivity index (χ1v) is 30.1. The number of nitrogens with one attached hydrogen (secondary N) is 1. The Balaban J connectivity index is 3.47. The number of carbonyl (C=O) groups excluding carboxylic acids is 2. The average molecular weight is 945 g/mol. The van der Waals surface area contributed by atoms with Crippen molar-refractivity contribution >= 4 is 11.9 Å². The van der Waals surface area contributed by atoms with Gasteiger partial charge in [-0.2, -0.15) is 0 Å². The van der Waals surface area contributed by atoms with Gasteiger partial charge in [0.1, 0.15) is 0 Å². The monoisotopic (exact) mass is 944 g/mol. The van der Waals surface area contributed by atoms with Gasteiger partial charge in [-0.15, -0.1) is 0 Å². The second-order valence-electron chi connectivity index (χ2n) is 20.7. The van der Waals surface area contributed by atoms with Gasteiger partial charge in [0.2, 0.25) is 5.91 Å². The largest absolute Gasteiger partial charge is 0.466 e. The van der Waals surface area contributed by atoms with Crippen molar-refractivity contribution in [1.82, 2.24) is 5.32 Å². The third-order valence-corrected chi connectivity index (χ3v) is 14.0. The van der Waals surface area contributed by atoms with E-state index in [-0.39, 0.29) is 18.5 Å².